The van der Waals surface area contributed by atoms with Crippen LogP contribution >= 0.6 is 24.0 Å². The van der Waals surface area contributed by atoms with E-state index in [0.29, 0.717) is 18.6 Å². The highest BCUT2D eigenvalue weighted by atomic mass is 127. The molecule has 0 unspecified atom stereocenters. The number of benzene rings is 1. The van der Waals surface area contributed by atoms with E-state index in [4.69, 9.17) is 4.99 Å². The van der Waals surface area contributed by atoms with Gasteiger partial charge in [0.05, 0.1) is 0 Å². The van der Waals surface area contributed by atoms with E-state index in [-0.39, 0.29) is 24.0 Å². The standard InChI is InChI=1S/C20H31N7.HI/c1-4-21-20(24-17-10-12-26(13-11-17)16(2)3)22-14-19-25-23-15-27(19)18-8-6-5-7-9-18;/h5-9,15-17H,4,10-14H2,1-3H3,(H2,21,22,24);1H. The van der Waals surface area contributed by atoms with Crippen LogP contribution in [-0.2, 0) is 6.54 Å². The van der Waals surface area contributed by atoms with Gasteiger partial charge in [-0.05, 0) is 45.7 Å². The van der Waals surface area contributed by atoms with E-state index in [9.17, 15) is 0 Å². The van der Waals surface area contributed by atoms with Gasteiger partial charge in [-0.15, -0.1) is 34.2 Å². The topological polar surface area (TPSA) is 70.4 Å². The molecule has 7 nitrogen and oxygen atoms in total. The number of nitrogens with one attached hydrogen (secondary N) is 2. The second kappa shape index (κ2) is 11.4. The lowest BCUT2D eigenvalue weighted by Crippen LogP contribution is -2.49. The van der Waals surface area contributed by atoms with Crippen molar-refractivity contribution < 1.29 is 0 Å². The molecule has 2 aromatic rings. The number of aromatic nitrogens is 3. The number of guanidine groups is 1. The van der Waals surface area contributed by atoms with Crippen molar-refractivity contribution in [2.75, 3.05) is 19.6 Å². The first-order chi connectivity index (χ1) is 13.2. The Balaban J connectivity index is 0.00000280. The molecule has 1 saturated heterocycles. The summed E-state index contributed by atoms with van der Waals surface area (Å²) in [6.07, 6.45) is 4.02. The summed E-state index contributed by atoms with van der Waals surface area (Å²) in [7, 11) is 0. The van der Waals surface area contributed by atoms with Crippen LogP contribution in [-0.4, -0.2) is 57.3 Å². The molecule has 8 heteroatoms. The van der Waals surface area contributed by atoms with Crippen LogP contribution in [0.3, 0.4) is 0 Å². The third-order valence-electron chi connectivity index (χ3n) is 4.98. The van der Waals surface area contributed by atoms with Crippen LogP contribution in [0.2, 0.25) is 0 Å². The quantitative estimate of drug-likeness (QED) is 0.365. The zero-order chi connectivity index (χ0) is 19.1. The molecular weight excluding hydrogens is 465 g/mol. The van der Waals surface area contributed by atoms with Crippen LogP contribution in [0.25, 0.3) is 5.69 Å². The van der Waals surface area contributed by atoms with Gasteiger partial charge in [0.25, 0.3) is 0 Å². The summed E-state index contributed by atoms with van der Waals surface area (Å²) in [5.74, 6) is 1.68. The SMILES string of the molecule is CCNC(=NCc1nncn1-c1ccccc1)NC1CCN(C(C)C)CC1.I. The fourth-order valence-electron chi connectivity index (χ4n) is 3.39. The Morgan fingerprint density at radius 3 is 2.57 bits per heavy atom. The maximum atomic E-state index is 4.75. The second-order valence-corrected chi connectivity index (χ2v) is 7.20. The molecule has 0 amide bonds. The van der Waals surface area contributed by atoms with Crippen molar-refractivity contribution >= 4 is 29.9 Å². The van der Waals surface area contributed by atoms with Crippen LogP contribution in [0.5, 0.6) is 0 Å². The first-order valence-electron chi connectivity index (χ1n) is 9.90. The summed E-state index contributed by atoms with van der Waals surface area (Å²) < 4.78 is 1.98. The van der Waals surface area contributed by atoms with Gasteiger partial charge >= 0.3 is 0 Å². The summed E-state index contributed by atoms with van der Waals surface area (Å²) >= 11 is 0. The zero-order valence-electron chi connectivity index (χ0n) is 17.0. The lowest BCUT2D eigenvalue weighted by atomic mass is 10.0. The normalized spacial score (nSPS) is 16.1. The number of halogens is 1. The van der Waals surface area contributed by atoms with Crippen molar-refractivity contribution in [3.05, 3.63) is 42.5 Å². The fourth-order valence-corrected chi connectivity index (χ4v) is 3.39. The molecule has 154 valence electrons. The van der Waals surface area contributed by atoms with Crippen molar-refractivity contribution in [3.63, 3.8) is 0 Å². The number of hydrogen-bond donors (Lipinski definition) is 2. The number of para-hydroxylation sites is 1. The second-order valence-electron chi connectivity index (χ2n) is 7.20. The third kappa shape index (κ3) is 6.16. The lowest BCUT2D eigenvalue weighted by molar-refractivity contribution is 0.167. The highest BCUT2D eigenvalue weighted by Crippen LogP contribution is 2.13. The summed E-state index contributed by atoms with van der Waals surface area (Å²) in [4.78, 5) is 7.28. The number of aliphatic imine (C=N–C) groups is 1. The number of likely N-dealkylation sites (tertiary alicyclic amines) is 1. The molecule has 2 N–H and O–H groups in total. The van der Waals surface area contributed by atoms with Gasteiger partial charge in [-0.1, -0.05) is 18.2 Å². The van der Waals surface area contributed by atoms with Crippen molar-refractivity contribution in [2.24, 2.45) is 4.99 Å². The van der Waals surface area contributed by atoms with Crippen LogP contribution < -0.4 is 10.6 Å². The molecule has 0 aliphatic carbocycles. The summed E-state index contributed by atoms with van der Waals surface area (Å²) in [6.45, 7) is 10.2. The Hall–Kier alpha value is -1.68. The van der Waals surface area contributed by atoms with E-state index in [2.05, 4.69) is 46.5 Å². The molecule has 0 radical (unpaired) electrons. The molecule has 2 heterocycles. The summed E-state index contributed by atoms with van der Waals surface area (Å²) in [6, 6.07) is 11.2. The smallest absolute Gasteiger partial charge is 0.191 e. The Morgan fingerprint density at radius 1 is 1.21 bits per heavy atom. The molecule has 1 aliphatic rings. The molecule has 0 saturated carbocycles. The van der Waals surface area contributed by atoms with Gasteiger partial charge < -0.3 is 15.5 Å². The van der Waals surface area contributed by atoms with E-state index in [1.807, 2.05) is 34.9 Å². The van der Waals surface area contributed by atoms with Crippen molar-refractivity contribution in [1.29, 1.82) is 0 Å². The third-order valence-corrected chi connectivity index (χ3v) is 4.98. The minimum absolute atomic E-state index is 0. The Kier molecular flexibility index (Phi) is 9.17. The van der Waals surface area contributed by atoms with E-state index >= 15 is 0 Å². The molecule has 1 aliphatic heterocycles. The molecule has 28 heavy (non-hydrogen) atoms. The average Bonchev–Trinajstić information content (AvgIpc) is 3.16. The lowest BCUT2D eigenvalue weighted by Gasteiger charge is -2.35. The van der Waals surface area contributed by atoms with Crippen LogP contribution in [0.15, 0.2) is 41.7 Å². The summed E-state index contributed by atoms with van der Waals surface area (Å²) in [5, 5.41) is 15.3. The maximum Gasteiger partial charge on any atom is 0.191 e. The van der Waals surface area contributed by atoms with Gasteiger partial charge in [-0.3, -0.25) is 4.57 Å². The molecule has 0 spiro atoms. The van der Waals surface area contributed by atoms with E-state index < -0.39 is 0 Å². The molecule has 0 bridgehead atoms. The first-order valence-corrected chi connectivity index (χ1v) is 9.90. The predicted molar refractivity (Wildman–Crippen MR) is 124 cm³/mol. The van der Waals surface area contributed by atoms with E-state index in [1.165, 1.54) is 0 Å². The van der Waals surface area contributed by atoms with Crippen molar-refractivity contribution in [2.45, 2.75) is 52.2 Å². The van der Waals surface area contributed by atoms with Crippen LogP contribution in [0.1, 0.15) is 39.4 Å². The number of nitrogens with zero attached hydrogens (tertiary/aromatic N) is 5. The predicted octanol–water partition coefficient (Wildman–Crippen LogP) is 2.81. The molecule has 0 atom stereocenters. The molecular formula is C20H32IN7. The van der Waals surface area contributed by atoms with Crippen molar-refractivity contribution in [1.82, 2.24) is 30.3 Å². The van der Waals surface area contributed by atoms with E-state index in [0.717, 1.165) is 49.9 Å². The minimum Gasteiger partial charge on any atom is -0.357 e. The van der Waals surface area contributed by atoms with Gasteiger partial charge in [0.1, 0.15) is 12.9 Å². The zero-order valence-corrected chi connectivity index (χ0v) is 19.3. The molecule has 1 fully saturated rings. The monoisotopic (exact) mass is 497 g/mol. The van der Waals surface area contributed by atoms with Crippen LogP contribution in [0, 0.1) is 0 Å². The number of piperidine rings is 1. The highest BCUT2D eigenvalue weighted by molar-refractivity contribution is 14.0. The number of rotatable bonds is 6. The van der Waals surface area contributed by atoms with Crippen LogP contribution in [0.4, 0.5) is 0 Å². The maximum absolute atomic E-state index is 4.75. The van der Waals surface area contributed by atoms with Gasteiger partial charge in [0.2, 0.25) is 0 Å². The minimum atomic E-state index is 0. The Morgan fingerprint density at radius 2 is 1.93 bits per heavy atom. The van der Waals surface area contributed by atoms with Gasteiger partial charge in [0, 0.05) is 37.4 Å². The fraction of sp³-hybridized carbons (Fsp3) is 0.550. The Labute approximate surface area is 185 Å². The first kappa shape index (κ1) is 22.6. The number of hydrogen-bond acceptors (Lipinski definition) is 4. The van der Waals surface area contributed by atoms with Gasteiger partial charge in [0.15, 0.2) is 11.8 Å². The summed E-state index contributed by atoms with van der Waals surface area (Å²) in [5.41, 5.74) is 1.05. The highest BCUT2D eigenvalue weighted by Gasteiger charge is 2.21. The largest absolute Gasteiger partial charge is 0.357 e. The Bertz CT molecular complexity index is 721. The molecule has 3 rings (SSSR count). The van der Waals surface area contributed by atoms with Crippen molar-refractivity contribution in [3.8, 4) is 5.69 Å². The molecule has 1 aromatic carbocycles. The van der Waals surface area contributed by atoms with Gasteiger partial charge in [-0.2, -0.15) is 0 Å². The van der Waals surface area contributed by atoms with Gasteiger partial charge in [-0.25, -0.2) is 4.99 Å². The molecule has 1 aromatic heterocycles. The average molecular weight is 497 g/mol. The van der Waals surface area contributed by atoms with E-state index in [1.54, 1.807) is 6.33 Å².